The van der Waals surface area contributed by atoms with Crippen molar-refractivity contribution in [2.75, 3.05) is 13.1 Å². The first-order chi connectivity index (χ1) is 17.8. The highest BCUT2D eigenvalue weighted by molar-refractivity contribution is 5.83. The van der Waals surface area contributed by atoms with E-state index in [1.807, 2.05) is 0 Å². The Labute approximate surface area is 218 Å². The fourth-order valence-electron chi connectivity index (χ4n) is 9.74. The van der Waals surface area contributed by atoms with E-state index in [1.165, 1.54) is 40.3 Å². The molecule has 6 atom stereocenters. The predicted molar refractivity (Wildman–Crippen MR) is 143 cm³/mol. The Hall–Kier alpha value is -2.04. The zero-order valence-electron chi connectivity index (χ0n) is 21.8. The molecule has 3 heterocycles. The van der Waals surface area contributed by atoms with E-state index in [2.05, 4.69) is 66.4 Å². The molecule has 0 amide bonds. The highest BCUT2D eigenvalue weighted by atomic mass is 19.3. The number of likely N-dealkylation sites (tertiary alicyclic amines) is 1. The molecule has 2 aromatic rings. The third-order valence-electron chi connectivity index (χ3n) is 11.5. The molecule has 2 spiro atoms. The summed E-state index contributed by atoms with van der Waals surface area (Å²) in [6.07, 6.45) is 13.5. The normalized spacial score (nSPS) is 42.2. The summed E-state index contributed by atoms with van der Waals surface area (Å²) in [6, 6.07) is 16.0. The number of halogens is 2. The topological polar surface area (TPSA) is 12.5 Å². The van der Waals surface area contributed by atoms with Gasteiger partial charge in [-0.05, 0) is 96.1 Å². The van der Waals surface area contributed by atoms with Crippen LogP contribution in [0.2, 0.25) is 0 Å². The Bertz CT molecular complexity index is 1350. The first-order valence-electron chi connectivity index (χ1n) is 14.5. The standard InChI is InChI=1S/C33H37F2NO/c1-30-13-12-26-19-25-8-9-27(36-17-16-32(34,35)21-36)20-31(25)14-15-33(26,37-31)29(30)11-10-28(30)24-7-6-22-4-2-3-5-23(22)18-24/h2-7,12,18-19,27-29H,8-11,13-17,20-21H2,1H3/t27-,28?,29-,30-,31-,33?/m1/s1. The van der Waals surface area contributed by atoms with Gasteiger partial charge in [0.25, 0.3) is 5.92 Å². The molecule has 4 fully saturated rings. The molecule has 0 radical (unpaired) electrons. The summed E-state index contributed by atoms with van der Waals surface area (Å²) in [6.45, 7) is 2.98. The lowest BCUT2D eigenvalue weighted by Crippen LogP contribution is -2.55. The average molecular weight is 502 g/mol. The second-order valence-electron chi connectivity index (χ2n) is 13.3. The van der Waals surface area contributed by atoms with Crippen LogP contribution in [0.15, 0.2) is 65.8 Å². The van der Waals surface area contributed by atoms with Crippen LogP contribution in [-0.4, -0.2) is 41.2 Å². The molecule has 2 saturated heterocycles. The smallest absolute Gasteiger partial charge is 0.261 e. The fraction of sp³-hybridized carbons (Fsp3) is 0.576. The van der Waals surface area contributed by atoms with E-state index in [4.69, 9.17) is 4.74 Å². The lowest BCUT2D eigenvalue weighted by molar-refractivity contribution is -0.141. The van der Waals surface area contributed by atoms with Crippen molar-refractivity contribution in [2.45, 2.75) is 93.8 Å². The molecule has 2 saturated carbocycles. The number of nitrogens with zero attached hydrogens (tertiary/aromatic N) is 1. The van der Waals surface area contributed by atoms with E-state index < -0.39 is 5.92 Å². The van der Waals surface area contributed by atoms with Crippen molar-refractivity contribution in [3.8, 4) is 0 Å². The van der Waals surface area contributed by atoms with Gasteiger partial charge in [0.05, 0.1) is 17.7 Å². The van der Waals surface area contributed by atoms with E-state index in [9.17, 15) is 8.78 Å². The number of rotatable bonds is 2. The van der Waals surface area contributed by atoms with Crippen LogP contribution in [0.1, 0.15) is 76.2 Å². The zero-order chi connectivity index (χ0) is 25.0. The third-order valence-corrected chi connectivity index (χ3v) is 11.5. The van der Waals surface area contributed by atoms with Crippen molar-refractivity contribution in [1.29, 1.82) is 0 Å². The molecule has 194 valence electrons. The number of benzene rings is 2. The minimum atomic E-state index is -2.53. The first kappa shape index (κ1) is 22.9. The van der Waals surface area contributed by atoms with Crippen molar-refractivity contribution in [3.63, 3.8) is 0 Å². The van der Waals surface area contributed by atoms with E-state index in [-0.39, 0.29) is 35.6 Å². The monoisotopic (exact) mass is 501 g/mol. The molecular formula is C33H37F2NO. The molecular weight excluding hydrogens is 464 g/mol. The van der Waals surface area contributed by atoms with Crippen LogP contribution >= 0.6 is 0 Å². The Morgan fingerprint density at radius 1 is 0.973 bits per heavy atom. The number of hydrogen-bond acceptors (Lipinski definition) is 2. The van der Waals surface area contributed by atoms with Gasteiger partial charge in [-0.3, -0.25) is 4.90 Å². The maximum absolute atomic E-state index is 14.0. The maximum atomic E-state index is 14.0. The molecule has 37 heavy (non-hydrogen) atoms. The minimum Gasteiger partial charge on any atom is -0.359 e. The van der Waals surface area contributed by atoms with Crippen molar-refractivity contribution in [1.82, 2.24) is 4.90 Å². The van der Waals surface area contributed by atoms with Crippen molar-refractivity contribution in [3.05, 3.63) is 71.3 Å². The van der Waals surface area contributed by atoms with E-state index >= 15 is 0 Å². The van der Waals surface area contributed by atoms with E-state index in [0.717, 1.165) is 38.5 Å². The molecule has 6 aliphatic rings. The molecule has 2 aromatic carbocycles. The van der Waals surface area contributed by atoms with Crippen LogP contribution in [0.25, 0.3) is 10.8 Å². The first-order valence-corrected chi connectivity index (χ1v) is 14.5. The Kier molecular flexibility index (Phi) is 4.67. The summed E-state index contributed by atoms with van der Waals surface area (Å²) in [5.74, 6) is -1.49. The Balaban J connectivity index is 1.12. The number of allylic oxidation sites excluding steroid dienone is 1. The molecule has 2 unspecified atom stereocenters. The van der Waals surface area contributed by atoms with E-state index in [1.54, 1.807) is 0 Å². The van der Waals surface area contributed by atoms with Crippen LogP contribution in [0.3, 0.4) is 0 Å². The summed E-state index contributed by atoms with van der Waals surface area (Å²) >= 11 is 0. The highest BCUT2D eigenvalue weighted by Crippen LogP contribution is 2.69. The summed E-state index contributed by atoms with van der Waals surface area (Å²) < 4.78 is 35.5. The van der Waals surface area contributed by atoms with Crippen molar-refractivity contribution < 1.29 is 13.5 Å². The van der Waals surface area contributed by atoms with Gasteiger partial charge in [-0.25, -0.2) is 8.78 Å². The largest absolute Gasteiger partial charge is 0.359 e. The minimum absolute atomic E-state index is 0.00741. The van der Waals surface area contributed by atoms with Gasteiger partial charge in [0.2, 0.25) is 0 Å². The van der Waals surface area contributed by atoms with Gasteiger partial charge in [0, 0.05) is 19.0 Å². The fourth-order valence-corrected chi connectivity index (χ4v) is 9.74. The van der Waals surface area contributed by atoms with Crippen LogP contribution in [-0.2, 0) is 4.74 Å². The van der Waals surface area contributed by atoms with Crippen LogP contribution in [0, 0.1) is 11.3 Å². The molecule has 3 aliphatic carbocycles. The number of ether oxygens (including phenoxy) is 1. The molecule has 0 aromatic heterocycles. The highest BCUT2D eigenvalue weighted by Gasteiger charge is 2.66. The quantitative estimate of drug-likeness (QED) is 0.416. The third kappa shape index (κ3) is 3.15. The summed E-state index contributed by atoms with van der Waals surface area (Å²) in [7, 11) is 0. The SMILES string of the molecule is C[C@]12CC=C3C=C4CC[C@@H](N5CCC(F)(F)C5)C[C@]45CCC3(O5)[C@@H]1CCC2c1ccc2ccccc2c1. The molecule has 3 aliphatic heterocycles. The van der Waals surface area contributed by atoms with Crippen LogP contribution < -0.4 is 0 Å². The molecule has 2 nitrogen and oxygen atoms in total. The zero-order valence-corrected chi connectivity index (χ0v) is 21.8. The van der Waals surface area contributed by atoms with Gasteiger partial charge < -0.3 is 4.74 Å². The maximum Gasteiger partial charge on any atom is 0.261 e. The molecule has 8 rings (SSSR count). The van der Waals surface area contributed by atoms with Gasteiger partial charge >= 0.3 is 0 Å². The predicted octanol–water partition coefficient (Wildman–Crippen LogP) is 7.79. The molecule has 0 N–H and O–H groups in total. The van der Waals surface area contributed by atoms with Gasteiger partial charge in [-0.2, -0.15) is 0 Å². The van der Waals surface area contributed by atoms with E-state index in [0.29, 0.717) is 18.4 Å². The summed E-state index contributed by atoms with van der Waals surface area (Å²) in [5.41, 5.74) is 4.10. The Morgan fingerprint density at radius 2 is 1.84 bits per heavy atom. The lowest BCUT2D eigenvalue weighted by atomic mass is 9.58. The Morgan fingerprint density at radius 3 is 2.68 bits per heavy atom. The second-order valence-corrected chi connectivity index (χ2v) is 13.3. The van der Waals surface area contributed by atoms with Crippen molar-refractivity contribution in [2.24, 2.45) is 11.3 Å². The van der Waals surface area contributed by atoms with Crippen LogP contribution in [0.5, 0.6) is 0 Å². The summed E-state index contributed by atoms with van der Waals surface area (Å²) in [4.78, 5) is 2.07. The molecule has 4 heteroatoms. The van der Waals surface area contributed by atoms with Gasteiger partial charge in [0.1, 0.15) is 0 Å². The number of fused-ring (bicyclic) bond motifs is 2. The van der Waals surface area contributed by atoms with Gasteiger partial charge in [-0.1, -0.05) is 61.5 Å². The summed E-state index contributed by atoms with van der Waals surface area (Å²) in [5, 5.41) is 2.64. The van der Waals surface area contributed by atoms with Crippen LogP contribution in [0.4, 0.5) is 8.78 Å². The van der Waals surface area contributed by atoms with Gasteiger partial charge in [0.15, 0.2) is 0 Å². The van der Waals surface area contributed by atoms with Gasteiger partial charge in [-0.15, -0.1) is 0 Å². The average Bonchev–Trinajstić information content (AvgIpc) is 3.54. The number of hydrogen-bond donors (Lipinski definition) is 0. The molecule has 2 bridgehead atoms. The second kappa shape index (κ2) is 7.54. The van der Waals surface area contributed by atoms with Crippen molar-refractivity contribution >= 4 is 10.8 Å². The number of alkyl halides is 2. The lowest BCUT2D eigenvalue weighted by Gasteiger charge is -2.55.